The van der Waals surface area contributed by atoms with Crippen molar-refractivity contribution < 1.29 is 0 Å². The minimum atomic E-state index is 0.519. The summed E-state index contributed by atoms with van der Waals surface area (Å²) in [6.07, 6.45) is 5.43. The lowest BCUT2D eigenvalue weighted by Crippen LogP contribution is -1.95. The molecule has 0 saturated carbocycles. The van der Waals surface area contributed by atoms with Gasteiger partial charge in [-0.1, -0.05) is 152 Å². The molecule has 0 aliphatic rings. The highest BCUT2D eigenvalue weighted by Gasteiger charge is 2.20. The molecule has 11 aromatic rings. The van der Waals surface area contributed by atoms with Crippen molar-refractivity contribution in [3.63, 3.8) is 0 Å². The molecule has 0 aliphatic carbocycles. The van der Waals surface area contributed by atoms with Crippen LogP contribution in [0.5, 0.6) is 0 Å². The van der Waals surface area contributed by atoms with Gasteiger partial charge in [0.05, 0.1) is 46.9 Å². The van der Waals surface area contributed by atoms with Crippen LogP contribution < -0.4 is 0 Å². The molecule has 11 rings (SSSR count). The number of hydrogen-bond acceptors (Lipinski definition) is 5. The van der Waals surface area contributed by atoms with E-state index >= 15 is 0 Å². The second-order valence-electron chi connectivity index (χ2n) is 17.7. The highest BCUT2D eigenvalue weighted by atomic mass is 14.7. The van der Waals surface area contributed by atoms with Crippen LogP contribution in [0.3, 0.4) is 0 Å². The van der Waals surface area contributed by atoms with E-state index in [0.717, 1.165) is 117 Å². The normalized spacial score (nSPS) is 10.8. The molecule has 0 fully saturated rings. The zero-order valence-corrected chi connectivity index (χ0v) is 39.7. The van der Waals surface area contributed by atoms with Crippen LogP contribution in [-0.2, 0) is 0 Å². The molecule has 0 N–H and O–H groups in total. The van der Waals surface area contributed by atoms with Gasteiger partial charge in [0.2, 0.25) is 0 Å². The predicted molar refractivity (Wildman–Crippen MR) is 295 cm³/mol. The lowest BCUT2D eigenvalue weighted by Gasteiger charge is -2.19. The van der Waals surface area contributed by atoms with Crippen LogP contribution in [0.4, 0.5) is 5.69 Å². The number of hydrogen-bond donors (Lipinski definition) is 0. The van der Waals surface area contributed by atoms with Crippen molar-refractivity contribution >= 4 is 5.69 Å². The van der Waals surface area contributed by atoms with Crippen LogP contribution in [-0.4, -0.2) is 15.0 Å². The van der Waals surface area contributed by atoms with Crippen molar-refractivity contribution in [3.05, 3.63) is 265 Å². The zero-order chi connectivity index (χ0) is 49.7. The van der Waals surface area contributed by atoms with Gasteiger partial charge < -0.3 is 0 Å². The summed E-state index contributed by atoms with van der Waals surface area (Å²) in [5.74, 6) is 0. The minimum Gasteiger partial charge on any atom is -0.256 e. The maximum Gasteiger partial charge on any atom is 0.195 e. The fraction of sp³-hybridized carbons (Fsp3) is 0.0149. The summed E-state index contributed by atoms with van der Waals surface area (Å²) in [6.45, 7) is 10.5. The highest BCUT2D eigenvalue weighted by Crippen LogP contribution is 2.45. The molecular formula is C67H42N6. The molecule has 0 amide bonds. The van der Waals surface area contributed by atoms with E-state index < -0.39 is 0 Å². The van der Waals surface area contributed by atoms with Crippen LogP contribution in [0.2, 0.25) is 0 Å². The number of pyridine rings is 3. The first-order valence-corrected chi connectivity index (χ1v) is 23.9. The van der Waals surface area contributed by atoms with Gasteiger partial charge in [0.1, 0.15) is 0 Å². The molecule has 0 unspecified atom stereocenters. The Balaban J connectivity index is 1.08. The summed E-state index contributed by atoms with van der Waals surface area (Å²) in [5.41, 5.74) is 20.5. The Hall–Kier alpha value is -10.3. The minimum absolute atomic E-state index is 0.519. The van der Waals surface area contributed by atoms with E-state index in [-0.39, 0.29) is 0 Å². The molecular weight excluding hydrogens is 889 g/mol. The van der Waals surface area contributed by atoms with E-state index in [4.69, 9.17) is 11.6 Å². The van der Waals surface area contributed by atoms with Gasteiger partial charge >= 0.3 is 0 Å². The molecule has 6 heteroatoms. The molecule has 0 bridgehead atoms. The van der Waals surface area contributed by atoms with Crippen LogP contribution >= 0.6 is 0 Å². The quantitative estimate of drug-likeness (QED) is 0.127. The first-order valence-electron chi connectivity index (χ1n) is 23.9. The third-order valence-electron chi connectivity index (χ3n) is 13.3. The summed E-state index contributed by atoms with van der Waals surface area (Å²) in [5, 5.41) is 21.5. The monoisotopic (exact) mass is 930 g/mol. The molecule has 340 valence electrons. The lowest BCUT2D eigenvalue weighted by atomic mass is 9.85. The summed E-state index contributed by atoms with van der Waals surface area (Å²) < 4.78 is 0. The van der Waals surface area contributed by atoms with E-state index in [1.807, 2.05) is 152 Å². The van der Waals surface area contributed by atoms with Gasteiger partial charge in [-0.15, -0.1) is 0 Å². The standard InChI is InChI=1S/C67H42N6/c1-44-34-66(73-43-63(44)45-16-4-3-5-17-45)47-27-30-58(53(36-47)42-69)60-22-10-7-19-55(60)50-37-49(54-18-6-9-21-59(54)57-29-26-46(35-52(57)41-68)64-24-12-14-32-71-64)38-51(39-50)56-20-8-11-23-61(56)62-31-28-48(40-67(62)70-2)65-25-13-15-33-72-65/h3-40,43H,1H3. The molecule has 3 heterocycles. The Bertz CT molecular complexity index is 3850. The van der Waals surface area contributed by atoms with Crippen LogP contribution in [0.1, 0.15) is 16.7 Å². The smallest absolute Gasteiger partial charge is 0.195 e. The molecule has 0 spiro atoms. The summed E-state index contributed by atoms with van der Waals surface area (Å²) in [4.78, 5) is 18.0. The molecule has 0 saturated heterocycles. The average Bonchev–Trinajstić information content (AvgIpc) is 3.47. The summed E-state index contributed by atoms with van der Waals surface area (Å²) in [7, 11) is 0. The SMILES string of the molecule is [C-]#[N+]c1cc(-c2ccccn2)ccc1-c1ccccc1-c1cc(-c2ccccc2-c2ccc(-c3ccccn3)cc2C#N)cc(-c2ccccc2-c2ccc(-c3cc(C)c(-c4ccccc4)cn3)cc2C#N)c1. The van der Waals surface area contributed by atoms with Gasteiger partial charge in [-0.25, -0.2) is 4.85 Å². The summed E-state index contributed by atoms with van der Waals surface area (Å²) in [6, 6.07) is 78.0. The Morgan fingerprint density at radius 2 is 0.767 bits per heavy atom. The number of aromatic nitrogens is 3. The second kappa shape index (κ2) is 20.0. The van der Waals surface area contributed by atoms with E-state index in [9.17, 15) is 10.5 Å². The van der Waals surface area contributed by atoms with Gasteiger partial charge in [-0.3, -0.25) is 15.0 Å². The van der Waals surface area contributed by atoms with Gasteiger partial charge in [0, 0.05) is 46.4 Å². The predicted octanol–water partition coefficient (Wildman–Crippen LogP) is 17.1. The zero-order valence-electron chi connectivity index (χ0n) is 39.7. The molecule has 8 aromatic carbocycles. The van der Waals surface area contributed by atoms with Crippen LogP contribution in [0.15, 0.2) is 237 Å². The van der Waals surface area contributed by atoms with Gasteiger partial charge in [-0.2, -0.15) is 10.5 Å². The lowest BCUT2D eigenvalue weighted by molar-refractivity contribution is 1.28. The van der Waals surface area contributed by atoms with Crippen molar-refractivity contribution in [2.24, 2.45) is 0 Å². The number of rotatable bonds is 10. The molecule has 0 atom stereocenters. The summed E-state index contributed by atoms with van der Waals surface area (Å²) >= 11 is 0. The highest BCUT2D eigenvalue weighted by molar-refractivity contribution is 5.97. The maximum atomic E-state index is 10.9. The molecule has 3 aromatic heterocycles. The Labute approximate surface area is 425 Å². The number of aryl methyl sites for hydroxylation is 1. The van der Waals surface area contributed by atoms with Crippen molar-refractivity contribution in [2.45, 2.75) is 6.92 Å². The van der Waals surface area contributed by atoms with Crippen LogP contribution in [0, 0.1) is 36.2 Å². The van der Waals surface area contributed by atoms with E-state index in [1.54, 1.807) is 12.4 Å². The van der Waals surface area contributed by atoms with Crippen molar-refractivity contribution in [1.29, 1.82) is 10.5 Å². The van der Waals surface area contributed by atoms with E-state index in [2.05, 4.69) is 107 Å². The molecule has 73 heavy (non-hydrogen) atoms. The van der Waals surface area contributed by atoms with Crippen molar-refractivity contribution in [3.8, 4) is 124 Å². The number of nitrogens with zero attached hydrogens (tertiary/aromatic N) is 6. The van der Waals surface area contributed by atoms with Gasteiger partial charge in [-0.05, 0) is 146 Å². The maximum absolute atomic E-state index is 10.9. The Morgan fingerprint density at radius 3 is 1.22 bits per heavy atom. The molecule has 6 nitrogen and oxygen atoms in total. The first kappa shape index (κ1) is 45.1. The van der Waals surface area contributed by atoms with Crippen molar-refractivity contribution in [1.82, 2.24) is 15.0 Å². The Kier molecular flexibility index (Phi) is 12.3. The van der Waals surface area contributed by atoms with Crippen molar-refractivity contribution in [2.75, 3.05) is 0 Å². The largest absolute Gasteiger partial charge is 0.256 e. The van der Waals surface area contributed by atoms with Gasteiger partial charge in [0.25, 0.3) is 0 Å². The number of benzene rings is 8. The fourth-order valence-electron chi connectivity index (χ4n) is 9.78. The van der Waals surface area contributed by atoms with Crippen LogP contribution in [0.25, 0.3) is 117 Å². The third kappa shape index (κ3) is 8.95. The average molecular weight is 931 g/mol. The Morgan fingerprint density at radius 1 is 0.342 bits per heavy atom. The fourth-order valence-corrected chi connectivity index (χ4v) is 9.78. The molecule has 0 radical (unpaired) electrons. The third-order valence-corrected chi connectivity index (χ3v) is 13.3. The van der Waals surface area contributed by atoms with E-state index in [1.165, 1.54) is 0 Å². The second-order valence-corrected chi connectivity index (χ2v) is 17.7. The van der Waals surface area contributed by atoms with E-state index in [0.29, 0.717) is 16.8 Å². The molecule has 0 aliphatic heterocycles. The topological polar surface area (TPSA) is 90.6 Å². The van der Waals surface area contributed by atoms with Gasteiger partial charge in [0.15, 0.2) is 5.69 Å². The number of nitriles is 2. The first-order chi connectivity index (χ1) is 36.0.